The smallest absolute Gasteiger partial charge is 0.462 e. The van der Waals surface area contributed by atoms with Crippen molar-refractivity contribution in [2.24, 2.45) is 5.92 Å². The van der Waals surface area contributed by atoms with Crippen LogP contribution in [0.3, 0.4) is 0 Å². The summed E-state index contributed by atoms with van der Waals surface area (Å²) >= 11 is 0. The van der Waals surface area contributed by atoms with Gasteiger partial charge in [-0.2, -0.15) is 0 Å². The van der Waals surface area contributed by atoms with E-state index in [1.807, 2.05) is 0 Å². The predicted octanol–water partition coefficient (Wildman–Crippen LogP) is 20.5. The lowest BCUT2D eigenvalue weighted by Crippen LogP contribution is -2.30. The monoisotopic (exact) mass is 1320 g/mol. The van der Waals surface area contributed by atoms with Crippen LogP contribution >= 0.6 is 15.6 Å². The first-order valence-electron chi connectivity index (χ1n) is 37.1. The molecule has 90 heavy (non-hydrogen) atoms. The molecule has 0 bridgehead atoms. The van der Waals surface area contributed by atoms with Crippen LogP contribution < -0.4 is 0 Å². The van der Waals surface area contributed by atoms with E-state index in [0.717, 1.165) is 96.3 Å². The molecule has 0 fully saturated rings. The molecule has 0 aliphatic carbocycles. The molecule has 0 aromatic heterocycles. The minimum atomic E-state index is -4.95. The number of ether oxygens (including phenoxy) is 4. The third kappa shape index (κ3) is 64.8. The molecule has 0 saturated carbocycles. The van der Waals surface area contributed by atoms with Gasteiger partial charge in [0.05, 0.1) is 26.4 Å². The number of phosphoric ester groups is 2. The van der Waals surface area contributed by atoms with Crippen molar-refractivity contribution in [2.75, 3.05) is 39.6 Å². The Balaban J connectivity index is 5.11. The van der Waals surface area contributed by atoms with Crippen LogP contribution in [0, 0.1) is 5.92 Å². The van der Waals surface area contributed by atoms with Gasteiger partial charge in [-0.3, -0.25) is 37.3 Å². The first kappa shape index (κ1) is 88.1. The van der Waals surface area contributed by atoms with Crippen molar-refractivity contribution >= 4 is 39.5 Å². The predicted molar refractivity (Wildman–Crippen MR) is 363 cm³/mol. The zero-order chi connectivity index (χ0) is 66.3. The molecular weight excluding hydrogens is 1190 g/mol. The summed E-state index contributed by atoms with van der Waals surface area (Å²) in [4.78, 5) is 72.2. The summed E-state index contributed by atoms with van der Waals surface area (Å²) in [5.41, 5.74) is 0. The maximum Gasteiger partial charge on any atom is 0.472 e. The first-order chi connectivity index (χ1) is 43.5. The van der Waals surface area contributed by atoms with E-state index in [0.29, 0.717) is 31.6 Å². The summed E-state index contributed by atoms with van der Waals surface area (Å²) in [7, 11) is -9.89. The molecule has 17 nitrogen and oxygen atoms in total. The van der Waals surface area contributed by atoms with Crippen LogP contribution in [0.25, 0.3) is 0 Å². The van der Waals surface area contributed by atoms with E-state index in [-0.39, 0.29) is 25.7 Å². The van der Waals surface area contributed by atoms with Gasteiger partial charge in [0.25, 0.3) is 0 Å². The topological polar surface area (TPSA) is 237 Å². The van der Waals surface area contributed by atoms with Gasteiger partial charge in [0.15, 0.2) is 12.2 Å². The molecule has 0 aromatic carbocycles. The summed E-state index contributed by atoms with van der Waals surface area (Å²) in [6, 6.07) is 0. The summed E-state index contributed by atoms with van der Waals surface area (Å²) in [6.07, 6.45) is 52.0. The Morgan fingerprint density at radius 1 is 0.300 bits per heavy atom. The van der Waals surface area contributed by atoms with Crippen LogP contribution in [0.1, 0.15) is 369 Å². The zero-order valence-corrected chi connectivity index (χ0v) is 60.1. The highest BCUT2D eigenvalue weighted by Gasteiger charge is 2.30. The Bertz CT molecular complexity index is 1740. The molecule has 0 spiro atoms. The Hall–Kier alpha value is -1.94. The third-order valence-electron chi connectivity index (χ3n) is 16.5. The van der Waals surface area contributed by atoms with Gasteiger partial charge in [-0.15, -0.1) is 0 Å². The van der Waals surface area contributed by atoms with Gasteiger partial charge in [0.1, 0.15) is 19.3 Å². The van der Waals surface area contributed by atoms with Crippen molar-refractivity contribution in [3.63, 3.8) is 0 Å². The molecule has 534 valence electrons. The molecule has 19 heteroatoms. The number of aliphatic hydroxyl groups is 1. The number of phosphoric acid groups is 2. The summed E-state index contributed by atoms with van der Waals surface area (Å²) in [5.74, 6) is -1.44. The van der Waals surface area contributed by atoms with Gasteiger partial charge in [-0.25, -0.2) is 9.13 Å². The fourth-order valence-electron chi connectivity index (χ4n) is 10.8. The minimum absolute atomic E-state index is 0.103. The number of unbranched alkanes of at least 4 members (excludes halogenated alkanes) is 43. The maximum atomic E-state index is 13.0. The second kappa shape index (κ2) is 64.4. The van der Waals surface area contributed by atoms with Gasteiger partial charge < -0.3 is 33.8 Å². The van der Waals surface area contributed by atoms with Crippen molar-refractivity contribution in [3.05, 3.63) is 0 Å². The number of rotatable bonds is 71. The average molecular weight is 1330 g/mol. The Labute approximate surface area is 549 Å². The Morgan fingerprint density at radius 2 is 0.511 bits per heavy atom. The zero-order valence-electron chi connectivity index (χ0n) is 58.3. The molecule has 3 N–H and O–H groups in total. The van der Waals surface area contributed by atoms with Crippen molar-refractivity contribution in [2.45, 2.75) is 387 Å². The van der Waals surface area contributed by atoms with Crippen LogP contribution in [-0.4, -0.2) is 96.7 Å². The normalized spacial score (nSPS) is 14.1. The number of carbonyl (C=O) groups is 4. The van der Waals surface area contributed by atoms with Crippen LogP contribution in [0.4, 0.5) is 0 Å². The Morgan fingerprint density at radius 3 is 0.756 bits per heavy atom. The molecule has 5 atom stereocenters. The van der Waals surface area contributed by atoms with E-state index in [2.05, 4.69) is 34.6 Å². The fourth-order valence-corrected chi connectivity index (χ4v) is 12.4. The van der Waals surface area contributed by atoms with Crippen LogP contribution in [0.5, 0.6) is 0 Å². The molecule has 0 aliphatic rings. The second-order valence-corrected chi connectivity index (χ2v) is 29.0. The largest absolute Gasteiger partial charge is 0.472 e. The number of aliphatic hydroxyl groups excluding tert-OH is 1. The molecule has 0 aromatic rings. The average Bonchev–Trinajstić information content (AvgIpc) is 3.16. The van der Waals surface area contributed by atoms with Crippen molar-refractivity contribution in [3.8, 4) is 0 Å². The van der Waals surface area contributed by atoms with E-state index in [9.17, 15) is 43.2 Å². The SMILES string of the molecule is CCCCCCCCCCCCCCCCCCCCCCCC(=O)O[C@H](COC(=O)CCCCCCCCCCCCCCCC)COP(=O)(O)OC[C@@H](O)COP(=O)(O)OC[C@@H](COC(=O)CCCCCCC)OC(=O)CCCCCCCCCC(C)C. The highest BCUT2D eigenvalue weighted by Crippen LogP contribution is 2.45. The molecule has 0 aliphatic heterocycles. The van der Waals surface area contributed by atoms with Crippen molar-refractivity contribution < 1.29 is 80.2 Å². The van der Waals surface area contributed by atoms with Gasteiger partial charge in [0, 0.05) is 25.7 Å². The van der Waals surface area contributed by atoms with Gasteiger partial charge in [0.2, 0.25) is 0 Å². The van der Waals surface area contributed by atoms with Gasteiger partial charge in [-0.1, -0.05) is 317 Å². The number of esters is 4. The first-order valence-corrected chi connectivity index (χ1v) is 40.1. The number of carbonyl (C=O) groups excluding carboxylic acids is 4. The van der Waals surface area contributed by atoms with Gasteiger partial charge >= 0.3 is 39.5 Å². The molecule has 0 radical (unpaired) electrons. The van der Waals surface area contributed by atoms with Crippen LogP contribution in [0.15, 0.2) is 0 Å². The van der Waals surface area contributed by atoms with Crippen LogP contribution in [-0.2, 0) is 65.4 Å². The lowest BCUT2D eigenvalue weighted by atomic mass is 10.0. The van der Waals surface area contributed by atoms with E-state index < -0.39 is 97.5 Å². The third-order valence-corrected chi connectivity index (χ3v) is 18.4. The van der Waals surface area contributed by atoms with E-state index in [4.69, 9.17) is 37.0 Å². The maximum absolute atomic E-state index is 13.0. The molecule has 0 saturated heterocycles. The molecule has 0 heterocycles. The molecule has 2 unspecified atom stereocenters. The van der Waals surface area contributed by atoms with E-state index in [1.165, 1.54) is 186 Å². The highest BCUT2D eigenvalue weighted by molar-refractivity contribution is 7.47. The number of hydrogen-bond acceptors (Lipinski definition) is 15. The Kier molecular flexibility index (Phi) is 63.0. The highest BCUT2D eigenvalue weighted by atomic mass is 31.2. The van der Waals surface area contributed by atoms with E-state index in [1.54, 1.807) is 0 Å². The fraction of sp³-hybridized carbons (Fsp3) is 0.944. The summed E-state index contributed by atoms with van der Waals surface area (Å²) < 4.78 is 68.0. The number of hydrogen-bond donors (Lipinski definition) is 3. The van der Waals surface area contributed by atoms with Crippen molar-refractivity contribution in [1.82, 2.24) is 0 Å². The molecule has 0 rings (SSSR count). The quantitative estimate of drug-likeness (QED) is 0.0222. The lowest BCUT2D eigenvalue weighted by molar-refractivity contribution is -0.161. The molecule has 0 amide bonds. The summed E-state index contributed by atoms with van der Waals surface area (Å²) in [5, 5.41) is 10.6. The van der Waals surface area contributed by atoms with Gasteiger partial charge in [-0.05, 0) is 31.6 Å². The van der Waals surface area contributed by atoms with Crippen LogP contribution in [0.2, 0.25) is 0 Å². The summed E-state index contributed by atoms with van der Waals surface area (Å²) in [6.45, 7) is 7.09. The van der Waals surface area contributed by atoms with E-state index >= 15 is 0 Å². The van der Waals surface area contributed by atoms with Crippen molar-refractivity contribution in [1.29, 1.82) is 0 Å². The second-order valence-electron chi connectivity index (χ2n) is 26.1. The lowest BCUT2D eigenvalue weighted by Gasteiger charge is -2.21. The minimum Gasteiger partial charge on any atom is -0.462 e. The standard InChI is InChI=1S/C71H138O17P2/c1-6-9-12-15-17-19-21-23-25-26-27-28-29-30-31-33-35-37-41-46-51-56-70(75)88-67(61-82-69(74)55-50-45-40-36-34-32-24-22-20-18-16-13-10-7-2)63-86-90(79,80)84-59-65(72)58-83-89(77,78)85-62-66(60-81-68(73)54-49-43-14-11-8-3)87-71(76)57-52-47-42-38-39-44-48-53-64(4)5/h64-67,72H,6-63H2,1-5H3,(H,77,78)(H,79,80)/t65-,66+,67+/m0/s1. The molecular formula is C71H138O17P2.